The Morgan fingerprint density at radius 3 is 2.86 bits per heavy atom. The average molecular weight is 364 g/mol. The quantitative estimate of drug-likeness (QED) is 0.859. The zero-order valence-electron chi connectivity index (χ0n) is 11.6. The molecule has 0 aliphatic carbocycles. The Morgan fingerprint density at radius 2 is 2.14 bits per heavy atom. The Bertz CT molecular complexity index is 750. The molecule has 0 spiro atoms. The normalized spacial score (nSPS) is 17.7. The first-order chi connectivity index (χ1) is 10.5. The summed E-state index contributed by atoms with van der Waals surface area (Å²) in [5.74, 6) is -0.0360. The van der Waals surface area contributed by atoms with Gasteiger partial charge in [0, 0.05) is 29.1 Å². The summed E-state index contributed by atoms with van der Waals surface area (Å²) < 4.78 is 0.955. The number of nitrogens with zero attached hydrogens (tertiary/aromatic N) is 2. The zero-order valence-corrected chi connectivity index (χ0v) is 13.2. The molecule has 1 fully saturated rings. The summed E-state index contributed by atoms with van der Waals surface area (Å²) in [5.41, 5.74) is 0. The van der Waals surface area contributed by atoms with E-state index in [2.05, 4.69) is 26.2 Å². The number of amides is 2. The SMILES string of the molecule is O=C(Nc1cc2cc(Br)ccc2cn1)[C@H]1CCN(C(=O)O)C1. The topological polar surface area (TPSA) is 82.5 Å². The van der Waals surface area contributed by atoms with Crippen molar-refractivity contribution in [2.45, 2.75) is 6.42 Å². The van der Waals surface area contributed by atoms with Crippen LogP contribution in [0.1, 0.15) is 6.42 Å². The number of hydrogen-bond acceptors (Lipinski definition) is 3. The summed E-state index contributed by atoms with van der Waals surface area (Å²) in [6, 6.07) is 7.64. The number of nitrogens with one attached hydrogen (secondary N) is 1. The Morgan fingerprint density at radius 1 is 1.32 bits per heavy atom. The van der Waals surface area contributed by atoms with Gasteiger partial charge in [0.25, 0.3) is 0 Å². The van der Waals surface area contributed by atoms with E-state index >= 15 is 0 Å². The van der Waals surface area contributed by atoms with E-state index < -0.39 is 6.09 Å². The minimum absolute atomic E-state index is 0.189. The van der Waals surface area contributed by atoms with E-state index in [1.807, 2.05) is 24.3 Å². The fourth-order valence-corrected chi connectivity index (χ4v) is 2.94. The summed E-state index contributed by atoms with van der Waals surface area (Å²) in [7, 11) is 0. The van der Waals surface area contributed by atoms with E-state index in [-0.39, 0.29) is 18.4 Å². The molecule has 1 aliphatic rings. The van der Waals surface area contributed by atoms with Gasteiger partial charge in [0.05, 0.1) is 5.92 Å². The smallest absolute Gasteiger partial charge is 0.407 e. The summed E-state index contributed by atoms with van der Waals surface area (Å²) >= 11 is 3.41. The lowest BCUT2D eigenvalue weighted by molar-refractivity contribution is -0.119. The molecular weight excluding hydrogens is 350 g/mol. The molecule has 0 unspecified atom stereocenters. The lowest BCUT2D eigenvalue weighted by Gasteiger charge is -2.12. The Hall–Kier alpha value is -2.15. The van der Waals surface area contributed by atoms with Crippen LogP contribution in [-0.4, -0.2) is 40.1 Å². The molecule has 1 aromatic carbocycles. The van der Waals surface area contributed by atoms with E-state index in [1.54, 1.807) is 6.20 Å². The standard InChI is InChI=1S/C15H14BrN3O3/c16-12-2-1-9-7-17-13(6-11(9)5-12)18-14(20)10-3-4-19(8-10)15(21)22/h1-2,5-7,10H,3-4,8H2,(H,21,22)(H,17,18,20)/t10-/m0/s1. The molecule has 3 rings (SSSR count). The van der Waals surface area contributed by atoms with Gasteiger partial charge in [0.2, 0.25) is 5.91 Å². The number of benzene rings is 1. The van der Waals surface area contributed by atoms with Crippen LogP contribution in [0, 0.1) is 5.92 Å². The van der Waals surface area contributed by atoms with Crippen LogP contribution in [0.15, 0.2) is 34.9 Å². The first kappa shape index (κ1) is 14.8. The van der Waals surface area contributed by atoms with Crippen molar-refractivity contribution in [2.24, 2.45) is 5.92 Å². The number of fused-ring (bicyclic) bond motifs is 1. The maximum absolute atomic E-state index is 12.2. The van der Waals surface area contributed by atoms with Crippen molar-refractivity contribution in [2.75, 3.05) is 18.4 Å². The Balaban J connectivity index is 1.73. The van der Waals surface area contributed by atoms with Crippen LogP contribution in [-0.2, 0) is 4.79 Å². The lowest BCUT2D eigenvalue weighted by Crippen LogP contribution is -2.30. The van der Waals surface area contributed by atoms with Crippen molar-refractivity contribution >= 4 is 44.5 Å². The van der Waals surface area contributed by atoms with Crippen LogP contribution >= 0.6 is 15.9 Å². The van der Waals surface area contributed by atoms with E-state index in [1.165, 1.54) is 4.90 Å². The van der Waals surface area contributed by atoms with E-state index in [0.717, 1.165) is 15.2 Å². The van der Waals surface area contributed by atoms with Gasteiger partial charge in [0.15, 0.2) is 0 Å². The van der Waals surface area contributed by atoms with E-state index in [9.17, 15) is 9.59 Å². The van der Waals surface area contributed by atoms with Gasteiger partial charge >= 0.3 is 6.09 Å². The van der Waals surface area contributed by atoms with Crippen molar-refractivity contribution < 1.29 is 14.7 Å². The lowest BCUT2D eigenvalue weighted by atomic mass is 10.1. The van der Waals surface area contributed by atoms with E-state index in [0.29, 0.717) is 18.8 Å². The number of rotatable bonds is 2. The number of carbonyl (C=O) groups excluding carboxylic acids is 1. The van der Waals surface area contributed by atoms with Crippen molar-refractivity contribution in [3.05, 3.63) is 34.9 Å². The number of carbonyl (C=O) groups is 2. The van der Waals surface area contributed by atoms with Gasteiger partial charge in [-0.1, -0.05) is 22.0 Å². The van der Waals surface area contributed by atoms with Gasteiger partial charge in [0.1, 0.15) is 5.82 Å². The maximum Gasteiger partial charge on any atom is 0.407 e. The summed E-state index contributed by atoms with van der Waals surface area (Å²) in [5, 5.41) is 13.7. The molecule has 2 N–H and O–H groups in total. The highest BCUT2D eigenvalue weighted by Crippen LogP contribution is 2.22. The summed E-state index contributed by atoms with van der Waals surface area (Å²) in [6.07, 6.45) is 1.26. The molecule has 1 aromatic heterocycles. The molecule has 114 valence electrons. The summed E-state index contributed by atoms with van der Waals surface area (Å²) in [4.78, 5) is 28.6. The monoisotopic (exact) mass is 363 g/mol. The van der Waals surface area contributed by atoms with Crippen LogP contribution in [0.5, 0.6) is 0 Å². The Labute approximate surface area is 135 Å². The van der Waals surface area contributed by atoms with Crippen molar-refractivity contribution in [3.8, 4) is 0 Å². The largest absolute Gasteiger partial charge is 0.465 e. The molecule has 1 atom stereocenters. The van der Waals surface area contributed by atoms with Gasteiger partial charge in [-0.15, -0.1) is 0 Å². The van der Waals surface area contributed by atoms with Gasteiger partial charge in [-0.05, 0) is 30.0 Å². The predicted molar refractivity (Wildman–Crippen MR) is 85.8 cm³/mol. The second kappa shape index (κ2) is 5.92. The minimum Gasteiger partial charge on any atom is -0.465 e. The van der Waals surface area contributed by atoms with Gasteiger partial charge in [-0.2, -0.15) is 0 Å². The van der Waals surface area contributed by atoms with Crippen LogP contribution in [0.25, 0.3) is 10.8 Å². The number of carboxylic acid groups (broad SMARTS) is 1. The van der Waals surface area contributed by atoms with Gasteiger partial charge in [-0.3, -0.25) is 4.79 Å². The number of hydrogen-bond donors (Lipinski definition) is 2. The molecule has 22 heavy (non-hydrogen) atoms. The second-order valence-corrected chi connectivity index (χ2v) is 6.18. The molecule has 0 bridgehead atoms. The molecule has 2 amide bonds. The van der Waals surface area contributed by atoms with Gasteiger partial charge in [-0.25, -0.2) is 9.78 Å². The second-order valence-electron chi connectivity index (χ2n) is 5.26. The predicted octanol–water partition coefficient (Wildman–Crippen LogP) is 2.94. The minimum atomic E-state index is -0.982. The van der Waals surface area contributed by atoms with E-state index in [4.69, 9.17) is 5.11 Å². The fraction of sp³-hybridized carbons (Fsp3) is 0.267. The number of pyridine rings is 1. The van der Waals surface area contributed by atoms with Crippen LogP contribution < -0.4 is 5.32 Å². The number of aromatic nitrogens is 1. The maximum atomic E-state index is 12.2. The zero-order chi connectivity index (χ0) is 15.7. The van der Waals surface area contributed by atoms with Crippen LogP contribution in [0.4, 0.5) is 10.6 Å². The van der Waals surface area contributed by atoms with Crippen LogP contribution in [0.3, 0.4) is 0 Å². The van der Waals surface area contributed by atoms with Gasteiger partial charge < -0.3 is 15.3 Å². The third-order valence-corrected chi connectivity index (χ3v) is 4.26. The molecule has 0 saturated carbocycles. The highest BCUT2D eigenvalue weighted by molar-refractivity contribution is 9.10. The number of halogens is 1. The third kappa shape index (κ3) is 3.04. The molecule has 0 radical (unpaired) electrons. The molecule has 1 saturated heterocycles. The van der Waals surface area contributed by atoms with Crippen molar-refractivity contribution in [1.29, 1.82) is 0 Å². The highest BCUT2D eigenvalue weighted by Gasteiger charge is 2.31. The molecule has 2 aromatic rings. The molecule has 6 nitrogen and oxygen atoms in total. The van der Waals surface area contributed by atoms with Crippen molar-refractivity contribution in [1.82, 2.24) is 9.88 Å². The molecule has 1 aliphatic heterocycles. The first-order valence-electron chi connectivity index (χ1n) is 6.87. The van der Waals surface area contributed by atoms with Crippen molar-refractivity contribution in [3.63, 3.8) is 0 Å². The molecule has 7 heteroatoms. The average Bonchev–Trinajstić information content (AvgIpc) is 2.97. The Kier molecular flexibility index (Phi) is 3.98. The molecular formula is C15H14BrN3O3. The number of likely N-dealkylation sites (tertiary alicyclic amines) is 1. The molecule has 2 heterocycles. The highest BCUT2D eigenvalue weighted by atomic mass is 79.9. The number of anilines is 1. The van der Waals surface area contributed by atoms with Crippen LogP contribution in [0.2, 0.25) is 0 Å². The fourth-order valence-electron chi connectivity index (χ4n) is 2.56. The summed E-state index contributed by atoms with van der Waals surface area (Å²) in [6.45, 7) is 0.631. The third-order valence-electron chi connectivity index (χ3n) is 3.76. The first-order valence-corrected chi connectivity index (χ1v) is 7.66.